The summed E-state index contributed by atoms with van der Waals surface area (Å²) in [4.78, 5) is 13.6. The first-order chi connectivity index (χ1) is 14.0. The van der Waals surface area contributed by atoms with Gasteiger partial charge in [0.25, 0.3) is 0 Å². The molecule has 1 fully saturated rings. The Bertz CT molecular complexity index is 1170. The number of phenols is 1. The van der Waals surface area contributed by atoms with Crippen LogP contribution >= 0.6 is 0 Å². The van der Waals surface area contributed by atoms with E-state index in [4.69, 9.17) is 5.14 Å². The van der Waals surface area contributed by atoms with Gasteiger partial charge < -0.3 is 15.3 Å². The molecule has 0 aliphatic carbocycles. The van der Waals surface area contributed by atoms with Gasteiger partial charge in [0.05, 0.1) is 4.90 Å². The normalized spacial score (nSPS) is 15.7. The van der Waals surface area contributed by atoms with Crippen LogP contribution in [0.1, 0.15) is 5.56 Å². The minimum absolute atomic E-state index is 0.0559. The van der Waals surface area contributed by atoms with Crippen molar-refractivity contribution in [3.63, 3.8) is 0 Å². The number of amides is 2. The molecule has 162 valence electrons. The number of nitrogens with two attached hydrogens (primary N) is 1. The zero-order valence-corrected chi connectivity index (χ0v) is 17.8. The summed E-state index contributed by atoms with van der Waals surface area (Å²) in [6.07, 6.45) is 0. The summed E-state index contributed by atoms with van der Waals surface area (Å²) < 4.78 is 49.8. The quantitative estimate of drug-likeness (QED) is 0.624. The molecule has 4 N–H and O–H groups in total. The molecule has 2 amide bonds. The van der Waals surface area contributed by atoms with Crippen molar-refractivity contribution >= 4 is 31.8 Å². The topological polar surface area (TPSA) is 150 Å². The number of rotatable bonds is 4. The monoisotopic (exact) mass is 454 g/mol. The van der Waals surface area contributed by atoms with E-state index in [1.807, 2.05) is 0 Å². The number of hydrogen-bond acceptors (Lipinski definition) is 6. The molecular formula is C18H22N4O6S2. The molecule has 3 rings (SSSR count). The van der Waals surface area contributed by atoms with Crippen LogP contribution < -0.4 is 10.5 Å². The number of nitrogens with zero attached hydrogens (tertiary/aromatic N) is 2. The largest absolute Gasteiger partial charge is 0.507 e. The first-order valence-corrected chi connectivity index (χ1v) is 12.0. The van der Waals surface area contributed by atoms with E-state index in [9.17, 15) is 26.7 Å². The molecule has 0 atom stereocenters. The van der Waals surface area contributed by atoms with Crippen molar-refractivity contribution in [2.75, 3.05) is 31.5 Å². The lowest BCUT2D eigenvalue weighted by atomic mass is 10.2. The van der Waals surface area contributed by atoms with Crippen LogP contribution in [0.25, 0.3) is 0 Å². The van der Waals surface area contributed by atoms with Gasteiger partial charge in [-0.05, 0) is 42.8 Å². The van der Waals surface area contributed by atoms with Gasteiger partial charge in [-0.15, -0.1) is 0 Å². The number of urea groups is 1. The van der Waals surface area contributed by atoms with Crippen molar-refractivity contribution in [2.45, 2.75) is 16.7 Å². The Labute approximate surface area is 175 Å². The minimum Gasteiger partial charge on any atom is -0.507 e. The molecule has 10 nitrogen and oxygen atoms in total. The smallest absolute Gasteiger partial charge is 0.321 e. The van der Waals surface area contributed by atoms with Gasteiger partial charge in [-0.25, -0.2) is 26.8 Å². The van der Waals surface area contributed by atoms with E-state index in [-0.39, 0.29) is 47.4 Å². The number of carbonyl (C=O) groups is 1. The molecule has 0 radical (unpaired) electrons. The maximum atomic E-state index is 12.8. The molecule has 12 heteroatoms. The van der Waals surface area contributed by atoms with Crippen molar-refractivity contribution in [1.29, 1.82) is 0 Å². The van der Waals surface area contributed by atoms with Gasteiger partial charge in [-0.1, -0.05) is 12.1 Å². The number of nitrogens with one attached hydrogen (secondary N) is 1. The molecule has 1 aliphatic heterocycles. The van der Waals surface area contributed by atoms with Crippen LogP contribution in [0.5, 0.6) is 5.75 Å². The predicted molar refractivity (Wildman–Crippen MR) is 110 cm³/mol. The molecule has 2 aromatic carbocycles. The number of anilines is 1. The standard InChI is InChI=1S/C18H22N4O6S2/c1-13-5-6-16(23)17(11-13)30(27,28)22-9-7-21(8-10-22)18(24)20-14-3-2-4-15(12-14)29(19,25)26/h2-6,11-12,23H,7-10H2,1H3,(H,20,24)(H2,19,25,26). The van der Waals surface area contributed by atoms with Crippen LogP contribution in [0, 0.1) is 6.92 Å². The SMILES string of the molecule is Cc1ccc(O)c(S(=O)(=O)N2CCN(C(=O)Nc3cccc(S(N)(=O)=O)c3)CC2)c1. The summed E-state index contributed by atoms with van der Waals surface area (Å²) in [5.74, 6) is -0.324. The van der Waals surface area contributed by atoms with E-state index in [1.165, 1.54) is 45.6 Å². The Kier molecular flexibility index (Phi) is 6.04. The van der Waals surface area contributed by atoms with Gasteiger partial charge in [0.1, 0.15) is 10.6 Å². The van der Waals surface area contributed by atoms with Crippen LogP contribution in [0.3, 0.4) is 0 Å². The minimum atomic E-state index is -3.90. The zero-order valence-electron chi connectivity index (χ0n) is 16.1. The second-order valence-corrected chi connectivity index (χ2v) is 10.3. The van der Waals surface area contributed by atoms with Gasteiger partial charge in [-0.2, -0.15) is 4.31 Å². The van der Waals surface area contributed by atoms with E-state index in [0.717, 1.165) is 0 Å². The molecule has 1 aliphatic rings. The summed E-state index contributed by atoms with van der Waals surface area (Å²) >= 11 is 0. The lowest BCUT2D eigenvalue weighted by Gasteiger charge is -2.34. The summed E-state index contributed by atoms with van der Waals surface area (Å²) in [6.45, 7) is 2.10. The highest BCUT2D eigenvalue weighted by atomic mass is 32.2. The summed E-state index contributed by atoms with van der Waals surface area (Å²) in [7, 11) is -7.80. The summed E-state index contributed by atoms with van der Waals surface area (Å²) in [5, 5.41) is 17.6. The fourth-order valence-electron chi connectivity index (χ4n) is 3.05. The Morgan fingerprint density at radius 1 is 1.03 bits per heavy atom. The molecule has 0 aromatic heterocycles. The number of benzene rings is 2. The number of sulfonamides is 2. The Hall–Kier alpha value is -2.67. The van der Waals surface area contributed by atoms with E-state index in [1.54, 1.807) is 13.0 Å². The highest BCUT2D eigenvalue weighted by molar-refractivity contribution is 7.89. The van der Waals surface area contributed by atoms with Crippen LogP contribution in [-0.2, 0) is 20.0 Å². The third-order valence-corrected chi connectivity index (χ3v) is 7.51. The first-order valence-electron chi connectivity index (χ1n) is 8.97. The van der Waals surface area contributed by atoms with E-state index >= 15 is 0 Å². The molecule has 0 bridgehead atoms. The fourth-order valence-corrected chi connectivity index (χ4v) is 5.20. The van der Waals surface area contributed by atoms with E-state index < -0.39 is 26.1 Å². The van der Waals surface area contributed by atoms with Crippen LogP contribution in [-0.4, -0.2) is 63.4 Å². The Morgan fingerprint density at radius 3 is 2.33 bits per heavy atom. The second kappa shape index (κ2) is 8.22. The van der Waals surface area contributed by atoms with Crippen LogP contribution in [0.4, 0.5) is 10.5 Å². The van der Waals surface area contributed by atoms with E-state index in [2.05, 4.69) is 5.32 Å². The summed E-state index contributed by atoms with van der Waals surface area (Å²) in [6, 6.07) is 9.40. The molecule has 30 heavy (non-hydrogen) atoms. The predicted octanol–water partition coefficient (Wildman–Crippen LogP) is 0.886. The average Bonchev–Trinajstić information content (AvgIpc) is 2.69. The van der Waals surface area contributed by atoms with Gasteiger partial charge in [-0.3, -0.25) is 0 Å². The molecule has 0 saturated carbocycles. The number of hydrogen-bond donors (Lipinski definition) is 3. The maximum Gasteiger partial charge on any atom is 0.321 e. The summed E-state index contributed by atoms with van der Waals surface area (Å²) in [5.41, 5.74) is 0.956. The van der Waals surface area contributed by atoms with E-state index in [0.29, 0.717) is 5.56 Å². The Balaban J connectivity index is 1.67. The van der Waals surface area contributed by atoms with Gasteiger partial charge in [0.15, 0.2) is 0 Å². The number of aromatic hydroxyl groups is 1. The van der Waals surface area contributed by atoms with Crippen LogP contribution in [0.15, 0.2) is 52.3 Å². The zero-order chi connectivity index (χ0) is 22.1. The molecule has 1 saturated heterocycles. The van der Waals surface area contributed by atoms with Crippen molar-refractivity contribution in [2.24, 2.45) is 5.14 Å². The number of carbonyl (C=O) groups excluding carboxylic acids is 1. The van der Waals surface area contributed by atoms with Crippen LogP contribution in [0.2, 0.25) is 0 Å². The molecular weight excluding hydrogens is 432 g/mol. The lowest BCUT2D eigenvalue weighted by Crippen LogP contribution is -2.51. The van der Waals surface area contributed by atoms with Gasteiger partial charge in [0.2, 0.25) is 20.0 Å². The Morgan fingerprint density at radius 2 is 1.70 bits per heavy atom. The van der Waals surface area contributed by atoms with Gasteiger partial charge in [0, 0.05) is 31.9 Å². The van der Waals surface area contributed by atoms with Crippen molar-refractivity contribution in [3.8, 4) is 5.75 Å². The van der Waals surface area contributed by atoms with Crippen molar-refractivity contribution in [3.05, 3.63) is 48.0 Å². The molecule has 1 heterocycles. The number of aryl methyl sites for hydroxylation is 1. The first kappa shape index (κ1) is 22.0. The number of phenolic OH excluding ortho intramolecular Hbond substituents is 1. The molecule has 2 aromatic rings. The third-order valence-electron chi connectivity index (χ3n) is 4.67. The molecule has 0 unspecified atom stereocenters. The second-order valence-electron chi connectivity index (χ2n) is 6.87. The number of primary sulfonamides is 1. The highest BCUT2D eigenvalue weighted by Gasteiger charge is 2.32. The third kappa shape index (κ3) is 4.73. The van der Waals surface area contributed by atoms with Gasteiger partial charge >= 0.3 is 6.03 Å². The fraction of sp³-hybridized carbons (Fsp3) is 0.278. The maximum absolute atomic E-state index is 12.8. The average molecular weight is 455 g/mol. The lowest BCUT2D eigenvalue weighted by molar-refractivity contribution is 0.184. The molecule has 0 spiro atoms. The van der Waals surface area contributed by atoms with Crippen molar-refractivity contribution in [1.82, 2.24) is 9.21 Å². The highest BCUT2D eigenvalue weighted by Crippen LogP contribution is 2.27. The number of piperazine rings is 1. The van der Waals surface area contributed by atoms with Crippen molar-refractivity contribution < 1.29 is 26.7 Å².